The molecule has 1 rings (SSSR count). The highest BCUT2D eigenvalue weighted by Gasteiger charge is 2.21. The average molecular weight is 278 g/mol. The second-order valence-corrected chi connectivity index (χ2v) is 4.84. The molecule has 0 aliphatic carbocycles. The van der Waals surface area contributed by atoms with Gasteiger partial charge in [0.2, 0.25) is 0 Å². The maximum Gasteiger partial charge on any atom is 0.307 e. The molecule has 0 spiro atoms. The molecule has 1 aromatic rings. The van der Waals surface area contributed by atoms with Gasteiger partial charge in [-0.3, -0.25) is 9.59 Å². The molecular weight excluding hydrogens is 256 g/mol. The minimum absolute atomic E-state index is 0.0497. The number of unbranched alkanes of at least 4 members (excludes halogenated alkanes) is 1. The largest absolute Gasteiger partial charge is 0.481 e. The van der Waals surface area contributed by atoms with Crippen molar-refractivity contribution in [3.8, 4) is 0 Å². The summed E-state index contributed by atoms with van der Waals surface area (Å²) in [7, 11) is 0. The maximum atomic E-state index is 11.6. The monoisotopic (exact) mass is 278 g/mol. The summed E-state index contributed by atoms with van der Waals surface area (Å²) < 4.78 is 5.01. The molecule has 1 N–H and O–H groups in total. The number of carbonyl (C=O) groups is 2. The molecule has 4 heteroatoms. The number of esters is 1. The van der Waals surface area contributed by atoms with E-state index in [4.69, 9.17) is 9.84 Å². The fourth-order valence-electron chi connectivity index (χ4n) is 1.89. The lowest BCUT2D eigenvalue weighted by Gasteiger charge is -2.12. The van der Waals surface area contributed by atoms with Gasteiger partial charge in [-0.15, -0.1) is 0 Å². The first-order valence-corrected chi connectivity index (χ1v) is 7.05. The Hall–Kier alpha value is -1.84. The van der Waals surface area contributed by atoms with Crippen LogP contribution < -0.4 is 0 Å². The van der Waals surface area contributed by atoms with Crippen molar-refractivity contribution in [1.82, 2.24) is 0 Å². The first kappa shape index (κ1) is 16.2. The van der Waals surface area contributed by atoms with Crippen LogP contribution in [0.4, 0.5) is 0 Å². The van der Waals surface area contributed by atoms with E-state index in [-0.39, 0.29) is 6.42 Å². The van der Waals surface area contributed by atoms with Crippen LogP contribution in [0, 0.1) is 5.92 Å². The molecule has 1 aromatic carbocycles. The van der Waals surface area contributed by atoms with Crippen LogP contribution in [0.2, 0.25) is 0 Å². The van der Waals surface area contributed by atoms with Crippen LogP contribution in [0.15, 0.2) is 30.3 Å². The van der Waals surface area contributed by atoms with Gasteiger partial charge < -0.3 is 9.84 Å². The standard InChI is InChI=1S/C16H22O4/c1-2-3-11-20-15(17)12-14(16(18)19)10-9-13-7-5-4-6-8-13/h4-8,14H,2-3,9-12H2,1H3,(H,18,19). The molecule has 0 amide bonds. The summed E-state index contributed by atoms with van der Waals surface area (Å²) >= 11 is 0. The minimum Gasteiger partial charge on any atom is -0.481 e. The molecule has 110 valence electrons. The van der Waals surface area contributed by atoms with Crippen LogP contribution in [0.1, 0.15) is 38.2 Å². The first-order valence-electron chi connectivity index (χ1n) is 7.05. The smallest absolute Gasteiger partial charge is 0.307 e. The number of aliphatic carboxylic acids is 1. The fourth-order valence-corrected chi connectivity index (χ4v) is 1.89. The number of hydrogen-bond acceptors (Lipinski definition) is 3. The molecule has 20 heavy (non-hydrogen) atoms. The molecule has 0 aromatic heterocycles. The summed E-state index contributed by atoms with van der Waals surface area (Å²) in [5.74, 6) is -2.03. The number of ether oxygens (including phenoxy) is 1. The number of hydrogen-bond donors (Lipinski definition) is 1. The van der Waals surface area contributed by atoms with Crippen molar-refractivity contribution >= 4 is 11.9 Å². The molecular formula is C16H22O4. The Morgan fingerprint density at radius 1 is 1.25 bits per heavy atom. The normalized spacial score (nSPS) is 11.8. The van der Waals surface area contributed by atoms with E-state index in [9.17, 15) is 9.59 Å². The van der Waals surface area contributed by atoms with Gasteiger partial charge in [0.05, 0.1) is 18.9 Å². The van der Waals surface area contributed by atoms with Crippen LogP contribution in [-0.4, -0.2) is 23.7 Å². The highest BCUT2D eigenvalue weighted by molar-refractivity contribution is 5.78. The molecule has 0 aliphatic heterocycles. The van der Waals surface area contributed by atoms with E-state index >= 15 is 0 Å². The molecule has 1 atom stereocenters. The van der Waals surface area contributed by atoms with Crippen LogP contribution in [0.25, 0.3) is 0 Å². The van der Waals surface area contributed by atoms with Crippen molar-refractivity contribution in [1.29, 1.82) is 0 Å². The summed E-state index contributed by atoms with van der Waals surface area (Å²) in [5, 5.41) is 9.16. The molecule has 0 fully saturated rings. The summed E-state index contributed by atoms with van der Waals surface area (Å²) in [6.45, 7) is 2.38. The third-order valence-corrected chi connectivity index (χ3v) is 3.15. The predicted molar refractivity (Wildman–Crippen MR) is 76.4 cm³/mol. The Morgan fingerprint density at radius 2 is 1.95 bits per heavy atom. The summed E-state index contributed by atoms with van der Waals surface area (Å²) in [6, 6.07) is 9.68. The van der Waals surface area contributed by atoms with Gasteiger partial charge >= 0.3 is 11.9 Å². The molecule has 0 heterocycles. The Labute approximate surface area is 119 Å². The summed E-state index contributed by atoms with van der Waals surface area (Å²) in [6.07, 6.45) is 2.81. The fraction of sp³-hybridized carbons (Fsp3) is 0.500. The molecule has 4 nitrogen and oxygen atoms in total. The first-order chi connectivity index (χ1) is 9.63. The van der Waals surface area contributed by atoms with Crippen molar-refractivity contribution in [2.75, 3.05) is 6.61 Å². The van der Waals surface area contributed by atoms with Crippen LogP contribution in [-0.2, 0) is 20.7 Å². The third kappa shape index (κ3) is 6.36. The molecule has 0 saturated carbocycles. The van der Waals surface area contributed by atoms with E-state index in [1.165, 1.54) is 0 Å². The molecule has 1 unspecified atom stereocenters. The number of carboxylic acids is 1. The van der Waals surface area contributed by atoms with Crippen LogP contribution in [0.5, 0.6) is 0 Å². The Balaban J connectivity index is 2.40. The van der Waals surface area contributed by atoms with Gasteiger partial charge in [-0.05, 0) is 24.8 Å². The molecule has 0 saturated heterocycles. The molecule has 0 aliphatic rings. The predicted octanol–water partition coefficient (Wildman–Crippen LogP) is 3.05. The van der Waals surface area contributed by atoms with Gasteiger partial charge in [0.15, 0.2) is 0 Å². The lowest BCUT2D eigenvalue weighted by molar-refractivity contribution is -0.151. The summed E-state index contributed by atoms with van der Waals surface area (Å²) in [5.41, 5.74) is 1.08. The van der Waals surface area contributed by atoms with Crippen molar-refractivity contribution in [2.24, 2.45) is 5.92 Å². The number of carboxylic acid groups (broad SMARTS) is 1. The van der Waals surface area contributed by atoms with E-state index in [2.05, 4.69) is 0 Å². The van der Waals surface area contributed by atoms with Crippen molar-refractivity contribution in [3.05, 3.63) is 35.9 Å². The number of carbonyl (C=O) groups excluding carboxylic acids is 1. The molecule has 0 radical (unpaired) electrons. The van der Waals surface area contributed by atoms with Crippen molar-refractivity contribution in [2.45, 2.75) is 39.0 Å². The zero-order valence-corrected chi connectivity index (χ0v) is 11.9. The highest BCUT2D eigenvalue weighted by Crippen LogP contribution is 2.15. The Kier molecular flexibility index (Phi) is 7.40. The van der Waals surface area contributed by atoms with Gasteiger partial charge in [0, 0.05) is 0 Å². The number of benzene rings is 1. The van der Waals surface area contributed by atoms with E-state index in [1.54, 1.807) is 0 Å². The Morgan fingerprint density at radius 3 is 2.55 bits per heavy atom. The third-order valence-electron chi connectivity index (χ3n) is 3.15. The van der Waals surface area contributed by atoms with Gasteiger partial charge in [-0.25, -0.2) is 0 Å². The second kappa shape index (κ2) is 9.13. The quantitative estimate of drug-likeness (QED) is 0.557. The lowest BCUT2D eigenvalue weighted by atomic mass is 9.96. The zero-order chi connectivity index (χ0) is 14.8. The van der Waals surface area contributed by atoms with E-state index in [1.807, 2.05) is 37.3 Å². The topological polar surface area (TPSA) is 63.6 Å². The van der Waals surface area contributed by atoms with Gasteiger partial charge in [0.25, 0.3) is 0 Å². The average Bonchev–Trinajstić information content (AvgIpc) is 2.44. The minimum atomic E-state index is -0.937. The lowest BCUT2D eigenvalue weighted by Crippen LogP contribution is -2.20. The van der Waals surface area contributed by atoms with E-state index in [0.29, 0.717) is 19.4 Å². The van der Waals surface area contributed by atoms with Crippen LogP contribution >= 0.6 is 0 Å². The summed E-state index contributed by atoms with van der Waals surface area (Å²) in [4.78, 5) is 22.7. The van der Waals surface area contributed by atoms with E-state index < -0.39 is 17.9 Å². The van der Waals surface area contributed by atoms with Gasteiger partial charge in [-0.2, -0.15) is 0 Å². The van der Waals surface area contributed by atoms with Crippen LogP contribution in [0.3, 0.4) is 0 Å². The zero-order valence-electron chi connectivity index (χ0n) is 11.9. The highest BCUT2D eigenvalue weighted by atomic mass is 16.5. The number of rotatable bonds is 9. The van der Waals surface area contributed by atoms with E-state index in [0.717, 1.165) is 18.4 Å². The SMILES string of the molecule is CCCCOC(=O)CC(CCc1ccccc1)C(=O)O. The van der Waals surface area contributed by atoms with Gasteiger partial charge in [-0.1, -0.05) is 43.7 Å². The molecule has 0 bridgehead atoms. The maximum absolute atomic E-state index is 11.6. The van der Waals surface area contributed by atoms with Crippen molar-refractivity contribution < 1.29 is 19.4 Å². The van der Waals surface area contributed by atoms with Crippen molar-refractivity contribution in [3.63, 3.8) is 0 Å². The van der Waals surface area contributed by atoms with Gasteiger partial charge in [0.1, 0.15) is 0 Å². The number of aryl methyl sites for hydroxylation is 1. The Bertz CT molecular complexity index is 414. The second-order valence-electron chi connectivity index (χ2n) is 4.84.